The Balaban J connectivity index is 2.03. The van der Waals surface area contributed by atoms with Gasteiger partial charge in [0.2, 0.25) is 11.9 Å². The van der Waals surface area contributed by atoms with Crippen LogP contribution < -0.4 is 10.2 Å². The summed E-state index contributed by atoms with van der Waals surface area (Å²) in [6.07, 6.45) is 1.17. The molecular formula is C18H24N4O. The molecule has 23 heavy (non-hydrogen) atoms. The van der Waals surface area contributed by atoms with Crippen molar-refractivity contribution < 1.29 is 4.79 Å². The molecule has 0 spiro atoms. The fraction of sp³-hybridized carbons (Fsp3) is 0.389. The Bertz CT molecular complexity index is 687. The lowest BCUT2D eigenvalue weighted by molar-refractivity contribution is -0.116. The minimum atomic E-state index is -0.0149. The van der Waals surface area contributed by atoms with Crippen molar-refractivity contribution in [1.29, 1.82) is 0 Å². The third-order valence-corrected chi connectivity index (χ3v) is 3.65. The van der Waals surface area contributed by atoms with Crippen molar-refractivity contribution in [1.82, 2.24) is 9.97 Å². The number of nitrogens with one attached hydrogen (secondary N) is 1. The van der Waals surface area contributed by atoms with Crippen LogP contribution in [0.2, 0.25) is 0 Å². The Morgan fingerprint density at radius 3 is 2.35 bits per heavy atom. The fourth-order valence-electron chi connectivity index (χ4n) is 2.41. The van der Waals surface area contributed by atoms with Crippen molar-refractivity contribution in [3.8, 4) is 0 Å². The molecule has 0 aliphatic carbocycles. The van der Waals surface area contributed by atoms with Crippen LogP contribution in [0, 0.1) is 20.8 Å². The zero-order valence-corrected chi connectivity index (χ0v) is 14.5. The van der Waals surface area contributed by atoms with Crippen molar-refractivity contribution >= 4 is 17.5 Å². The van der Waals surface area contributed by atoms with E-state index in [1.165, 1.54) is 11.1 Å². The number of anilines is 2. The molecule has 1 aromatic carbocycles. The van der Waals surface area contributed by atoms with Gasteiger partial charge in [-0.2, -0.15) is 0 Å². The van der Waals surface area contributed by atoms with E-state index in [1.54, 1.807) is 0 Å². The van der Waals surface area contributed by atoms with Crippen LogP contribution >= 0.6 is 0 Å². The molecule has 5 nitrogen and oxygen atoms in total. The van der Waals surface area contributed by atoms with E-state index >= 15 is 0 Å². The number of aryl methyl sites for hydroxylation is 4. The van der Waals surface area contributed by atoms with Gasteiger partial charge in [-0.15, -0.1) is 0 Å². The highest BCUT2D eigenvalue weighted by atomic mass is 16.1. The summed E-state index contributed by atoms with van der Waals surface area (Å²) in [7, 11) is 3.79. The SMILES string of the molecule is Cc1cccc(CCC(=O)Nc2c(C)nc(N(C)C)nc2C)c1. The lowest BCUT2D eigenvalue weighted by Gasteiger charge is -2.15. The van der Waals surface area contributed by atoms with Crippen LogP contribution in [0.5, 0.6) is 0 Å². The largest absolute Gasteiger partial charge is 0.347 e. The van der Waals surface area contributed by atoms with Crippen molar-refractivity contribution in [3.63, 3.8) is 0 Å². The first-order valence-corrected chi connectivity index (χ1v) is 7.75. The molecule has 0 aliphatic heterocycles. The van der Waals surface area contributed by atoms with Crippen molar-refractivity contribution in [2.75, 3.05) is 24.3 Å². The molecular weight excluding hydrogens is 288 g/mol. The second kappa shape index (κ2) is 7.22. The summed E-state index contributed by atoms with van der Waals surface area (Å²) >= 11 is 0. The second-order valence-electron chi connectivity index (χ2n) is 6.00. The minimum absolute atomic E-state index is 0.0149. The number of rotatable bonds is 5. The smallest absolute Gasteiger partial charge is 0.225 e. The molecule has 5 heteroatoms. The van der Waals surface area contributed by atoms with E-state index < -0.39 is 0 Å². The number of carbonyl (C=O) groups is 1. The number of carbonyl (C=O) groups excluding carboxylic acids is 1. The molecule has 0 atom stereocenters. The number of aromatic nitrogens is 2. The van der Waals surface area contributed by atoms with E-state index in [0.29, 0.717) is 18.1 Å². The average molecular weight is 312 g/mol. The van der Waals surface area contributed by atoms with Crippen molar-refractivity contribution in [2.24, 2.45) is 0 Å². The van der Waals surface area contributed by atoms with Gasteiger partial charge >= 0.3 is 0 Å². The van der Waals surface area contributed by atoms with Gasteiger partial charge in [0.05, 0.1) is 17.1 Å². The van der Waals surface area contributed by atoms with E-state index in [1.807, 2.05) is 45.0 Å². The lowest BCUT2D eigenvalue weighted by Crippen LogP contribution is -2.18. The number of hydrogen-bond acceptors (Lipinski definition) is 4. The van der Waals surface area contributed by atoms with Crippen LogP contribution in [0.15, 0.2) is 24.3 Å². The monoisotopic (exact) mass is 312 g/mol. The third-order valence-electron chi connectivity index (χ3n) is 3.65. The summed E-state index contributed by atoms with van der Waals surface area (Å²) in [5.41, 5.74) is 4.66. The Hall–Kier alpha value is -2.43. The van der Waals surface area contributed by atoms with Gasteiger partial charge in [0, 0.05) is 20.5 Å². The maximum absolute atomic E-state index is 12.2. The van der Waals surface area contributed by atoms with Gasteiger partial charge < -0.3 is 10.2 Å². The highest BCUT2D eigenvalue weighted by molar-refractivity contribution is 5.92. The van der Waals surface area contributed by atoms with Crippen molar-refractivity contribution in [3.05, 3.63) is 46.8 Å². The Kier molecular flexibility index (Phi) is 5.32. The first kappa shape index (κ1) is 16.9. The van der Waals surface area contributed by atoms with Crippen molar-refractivity contribution in [2.45, 2.75) is 33.6 Å². The van der Waals surface area contributed by atoms with E-state index in [0.717, 1.165) is 17.8 Å². The summed E-state index contributed by atoms with van der Waals surface area (Å²) in [6, 6.07) is 8.23. The number of benzene rings is 1. The fourth-order valence-corrected chi connectivity index (χ4v) is 2.41. The van der Waals surface area contributed by atoms with Crippen LogP contribution in [-0.4, -0.2) is 30.0 Å². The maximum Gasteiger partial charge on any atom is 0.225 e. The molecule has 0 saturated heterocycles. The predicted octanol–water partition coefficient (Wildman–Crippen LogP) is 3.04. The van der Waals surface area contributed by atoms with Gasteiger partial charge in [-0.05, 0) is 32.8 Å². The van der Waals surface area contributed by atoms with Gasteiger partial charge in [-0.25, -0.2) is 9.97 Å². The normalized spacial score (nSPS) is 10.5. The van der Waals surface area contributed by atoms with Crippen LogP contribution in [0.1, 0.15) is 28.9 Å². The molecule has 1 heterocycles. The Morgan fingerprint density at radius 2 is 1.78 bits per heavy atom. The highest BCUT2D eigenvalue weighted by Gasteiger charge is 2.12. The topological polar surface area (TPSA) is 58.1 Å². The van der Waals surface area contributed by atoms with Gasteiger partial charge in [-0.1, -0.05) is 29.8 Å². The average Bonchev–Trinajstić information content (AvgIpc) is 2.48. The number of amides is 1. The molecule has 122 valence electrons. The molecule has 1 amide bonds. The van der Waals surface area contributed by atoms with Crippen LogP contribution in [-0.2, 0) is 11.2 Å². The maximum atomic E-state index is 12.2. The zero-order valence-electron chi connectivity index (χ0n) is 14.5. The first-order valence-electron chi connectivity index (χ1n) is 7.75. The molecule has 0 fully saturated rings. The molecule has 2 aromatic rings. The zero-order chi connectivity index (χ0) is 17.0. The van der Waals surface area contributed by atoms with Gasteiger partial charge in [0.15, 0.2) is 0 Å². The second-order valence-corrected chi connectivity index (χ2v) is 6.00. The number of nitrogens with zero attached hydrogens (tertiary/aromatic N) is 3. The summed E-state index contributed by atoms with van der Waals surface area (Å²) in [5, 5.41) is 2.95. The summed E-state index contributed by atoms with van der Waals surface area (Å²) in [6.45, 7) is 5.83. The molecule has 1 N–H and O–H groups in total. The predicted molar refractivity (Wildman–Crippen MR) is 94.0 cm³/mol. The van der Waals surface area contributed by atoms with E-state index in [9.17, 15) is 4.79 Å². The summed E-state index contributed by atoms with van der Waals surface area (Å²) in [4.78, 5) is 22.9. The lowest BCUT2D eigenvalue weighted by atomic mass is 10.1. The molecule has 0 unspecified atom stereocenters. The van der Waals surface area contributed by atoms with Gasteiger partial charge in [-0.3, -0.25) is 4.79 Å². The Labute approximate surface area is 137 Å². The van der Waals surface area contributed by atoms with Crippen LogP contribution in [0.25, 0.3) is 0 Å². The molecule has 0 aliphatic rings. The Morgan fingerprint density at radius 1 is 1.13 bits per heavy atom. The highest BCUT2D eigenvalue weighted by Crippen LogP contribution is 2.20. The molecule has 0 bridgehead atoms. The standard InChI is InChI=1S/C18H24N4O/c1-12-7-6-8-15(11-12)9-10-16(23)21-17-13(2)19-18(22(4)5)20-14(17)3/h6-8,11H,9-10H2,1-5H3,(H,21,23). The third kappa shape index (κ3) is 4.52. The van der Waals surface area contributed by atoms with E-state index in [4.69, 9.17) is 0 Å². The molecule has 2 rings (SSSR count). The molecule has 0 saturated carbocycles. The number of hydrogen-bond donors (Lipinski definition) is 1. The summed E-state index contributed by atoms with van der Waals surface area (Å²) < 4.78 is 0. The quantitative estimate of drug-likeness (QED) is 0.922. The first-order chi connectivity index (χ1) is 10.9. The van der Waals surface area contributed by atoms with Gasteiger partial charge in [0.1, 0.15) is 0 Å². The molecule has 1 aromatic heterocycles. The van der Waals surface area contributed by atoms with Crippen LogP contribution in [0.3, 0.4) is 0 Å². The minimum Gasteiger partial charge on any atom is -0.347 e. The summed E-state index contributed by atoms with van der Waals surface area (Å²) in [5.74, 6) is 0.636. The van der Waals surface area contributed by atoms with Gasteiger partial charge in [0.25, 0.3) is 0 Å². The molecule has 0 radical (unpaired) electrons. The van der Waals surface area contributed by atoms with Crippen LogP contribution in [0.4, 0.5) is 11.6 Å². The van der Waals surface area contributed by atoms with E-state index in [2.05, 4.69) is 34.3 Å². The van der Waals surface area contributed by atoms with E-state index in [-0.39, 0.29) is 5.91 Å².